The molecule has 0 atom stereocenters. The van der Waals surface area contributed by atoms with Crippen LogP contribution >= 0.6 is 27.3 Å². The van der Waals surface area contributed by atoms with Crippen molar-refractivity contribution in [3.8, 4) is 11.3 Å². The minimum absolute atomic E-state index is 0.0989. The fraction of sp³-hybridized carbons (Fsp3) is 0.357. The van der Waals surface area contributed by atoms with Crippen LogP contribution in [0.3, 0.4) is 0 Å². The molecule has 0 radical (unpaired) electrons. The van der Waals surface area contributed by atoms with Crippen LogP contribution in [-0.4, -0.2) is 12.1 Å². The van der Waals surface area contributed by atoms with Gasteiger partial charge in [-0.05, 0) is 31.4 Å². The Morgan fingerprint density at radius 3 is 2.56 bits per heavy atom. The number of nitrogens with zero attached hydrogens (tertiary/aromatic N) is 1. The van der Waals surface area contributed by atoms with Gasteiger partial charge in [-0.25, -0.2) is 4.98 Å². The third kappa shape index (κ3) is 2.02. The first-order valence-corrected chi connectivity index (χ1v) is 7.68. The van der Waals surface area contributed by atoms with Gasteiger partial charge in [-0.3, -0.25) is 0 Å². The van der Waals surface area contributed by atoms with Gasteiger partial charge in [0.05, 0.1) is 5.69 Å². The zero-order chi connectivity index (χ0) is 12.6. The van der Waals surface area contributed by atoms with Gasteiger partial charge in [-0.1, -0.05) is 28.1 Å². The Bertz CT molecular complexity index is 540. The zero-order valence-corrected chi connectivity index (χ0v) is 12.6. The topological polar surface area (TPSA) is 22.1 Å². The van der Waals surface area contributed by atoms with Crippen molar-refractivity contribution in [1.82, 2.24) is 4.98 Å². The van der Waals surface area contributed by atoms with E-state index in [1.54, 1.807) is 18.4 Å². The number of benzene rings is 1. The van der Waals surface area contributed by atoms with Crippen LogP contribution in [0, 0.1) is 0 Å². The largest absolute Gasteiger partial charge is 0.371 e. The number of rotatable bonds is 3. The lowest BCUT2D eigenvalue weighted by molar-refractivity contribution is -0.0778. The molecule has 1 aromatic heterocycles. The van der Waals surface area contributed by atoms with Crippen LogP contribution in [0.15, 0.2) is 34.1 Å². The Morgan fingerprint density at radius 2 is 2.00 bits per heavy atom. The zero-order valence-electron chi connectivity index (χ0n) is 10.1. The van der Waals surface area contributed by atoms with Gasteiger partial charge in [0.25, 0.3) is 0 Å². The first-order chi connectivity index (χ1) is 8.73. The number of aromatic nitrogens is 1. The highest BCUT2D eigenvalue weighted by Crippen LogP contribution is 2.46. The smallest absolute Gasteiger partial charge is 0.125 e. The molecule has 1 fully saturated rings. The molecule has 0 saturated heterocycles. The minimum Gasteiger partial charge on any atom is -0.371 e. The highest BCUT2D eigenvalue weighted by molar-refractivity contribution is 9.10. The van der Waals surface area contributed by atoms with Crippen molar-refractivity contribution in [3.63, 3.8) is 0 Å². The van der Waals surface area contributed by atoms with E-state index in [1.165, 1.54) is 6.42 Å². The Hall–Kier alpha value is -0.710. The lowest BCUT2D eigenvalue weighted by Gasteiger charge is -2.38. The average molecular weight is 324 g/mol. The quantitative estimate of drug-likeness (QED) is 0.823. The fourth-order valence-electron chi connectivity index (χ4n) is 2.24. The van der Waals surface area contributed by atoms with Crippen LogP contribution in [0.25, 0.3) is 11.3 Å². The standard InChI is InChI=1S/C14H14BrNOS/c1-17-14(7-2-8-14)13-16-12(9-18-13)10-3-5-11(15)6-4-10/h3-6,9H,2,7-8H2,1H3. The fourth-order valence-corrected chi connectivity index (χ4v) is 3.57. The van der Waals surface area contributed by atoms with Crippen molar-refractivity contribution in [3.05, 3.63) is 39.1 Å². The van der Waals surface area contributed by atoms with E-state index in [4.69, 9.17) is 9.72 Å². The average Bonchev–Trinajstić information content (AvgIpc) is 2.79. The van der Waals surface area contributed by atoms with Crippen molar-refractivity contribution >= 4 is 27.3 Å². The molecule has 1 aliphatic rings. The molecular weight excluding hydrogens is 310 g/mol. The summed E-state index contributed by atoms with van der Waals surface area (Å²) in [6.45, 7) is 0. The molecule has 0 unspecified atom stereocenters. The molecule has 4 heteroatoms. The number of hydrogen-bond acceptors (Lipinski definition) is 3. The summed E-state index contributed by atoms with van der Waals surface area (Å²) in [4.78, 5) is 4.75. The molecule has 1 aromatic carbocycles. The summed E-state index contributed by atoms with van der Waals surface area (Å²) in [5.41, 5.74) is 2.11. The Labute approximate surface area is 119 Å². The summed E-state index contributed by atoms with van der Waals surface area (Å²) < 4.78 is 6.76. The summed E-state index contributed by atoms with van der Waals surface area (Å²) in [5, 5.41) is 3.24. The van der Waals surface area contributed by atoms with Crippen LogP contribution in [0.1, 0.15) is 24.3 Å². The lowest BCUT2D eigenvalue weighted by Crippen LogP contribution is -2.35. The van der Waals surface area contributed by atoms with E-state index >= 15 is 0 Å². The van der Waals surface area contributed by atoms with E-state index in [9.17, 15) is 0 Å². The van der Waals surface area contributed by atoms with Gasteiger partial charge in [-0.2, -0.15) is 0 Å². The third-order valence-corrected chi connectivity index (χ3v) is 5.14. The highest BCUT2D eigenvalue weighted by Gasteiger charge is 2.41. The molecule has 2 aromatic rings. The molecule has 0 spiro atoms. The molecule has 1 saturated carbocycles. The minimum atomic E-state index is -0.0989. The van der Waals surface area contributed by atoms with E-state index in [0.29, 0.717) is 0 Å². The van der Waals surface area contributed by atoms with E-state index in [2.05, 4.69) is 33.4 Å². The summed E-state index contributed by atoms with van der Waals surface area (Å²) in [5.74, 6) is 0. The number of ether oxygens (including phenoxy) is 1. The molecular formula is C14H14BrNOS. The molecule has 1 aliphatic carbocycles. The van der Waals surface area contributed by atoms with Gasteiger partial charge in [0, 0.05) is 22.5 Å². The molecule has 1 heterocycles. The third-order valence-electron chi connectivity index (χ3n) is 3.59. The predicted octanol–water partition coefficient (Wildman–Crippen LogP) is 4.60. The van der Waals surface area contributed by atoms with E-state index in [-0.39, 0.29) is 5.60 Å². The summed E-state index contributed by atoms with van der Waals surface area (Å²) >= 11 is 5.16. The van der Waals surface area contributed by atoms with Gasteiger partial charge >= 0.3 is 0 Å². The van der Waals surface area contributed by atoms with Gasteiger partial charge < -0.3 is 4.74 Å². The predicted molar refractivity (Wildman–Crippen MR) is 77.8 cm³/mol. The monoisotopic (exact) mass is 323 g/mol. The molecule has 18 heavy (non-hydrogen) atoms. The molecule has 3 rings (SSSR count). The maximum absolute atomic E-state index is 5.67. The number of methoxy groups -OCH3 is 1. The number of hydrogen-bond donors (Lipinski definition) is 0. The molecule has 0 amide bonds. The Balaban J connectivity index is 1.91. The van der Waals surface area contributed by atoms with Gasteiger partial charge in [0.15, 0.2) is 0 Å². The summed E-state index contributed by atoms with van der Waals surface area (Å²) in [6.07, 6.45) is 3.43. The molecule has 94 valence electrons. The second kappa shape index (κ2) is 4.76. The van der Waals surface area contributed by atoms with E-state index in [1.807, 2.05) is 12.1 Å². The van der Waals surface area contributed by atoms with Gasteiger partial charge in [0.2, 0.25) is 0 Å². The van der Waals surface area contributed by atoms with Crippen LogP contribution in [0.2, 0.25) is 0 Å². The second-order valence-electron chi connectivity index (χ2n) is 4.60. The van der Waals surface area contributed by atoms with Gasteiger partial charge in [0.1, 0.15) is 10.6 Å². The van der Waals surface area contributed by atoms with Crippen molar-refractivity contribution < 1.29 is 4.74 Å². The maximum atomic E-state index is 5.67. The van der Waals surface area contributed by atoms with Crippen molar-refractivity contribution in [1.29, 1.82) is 0 Å². The van der Waals surface area contributed by atoms with Crippen molar-refractivity contribution in [2.24, 2.45) is 0 Å². The molecule has 0 bridgehead atoms. The first kappa shape index (κ1) is 12.3. The van der Waals surface area contributed by atoms with E-state index < -0.39 is 0 Å². The summed E-state index contributed by atoms with van der Waals surface area (Å²) in [6, 6.07) is 8.26. The van der Waals surface area contributed by atoms with E-state index in [0.717, 1.165) is 33.6 Å². The van der Waals surface area contributed by atoms with Crippen molar-refractivity contribution in [2.75, 3.05) is 7.11 Å². The van der Waals surface area contributed by atoms with Crippen LogP contribution in [-0.2, 0) is 10.3 Å². The molecule has 0 aliphatic heterocycles. The Kier molecular flexibility index (Phi) is 3.26. The highest BCUT2D eigenvalue weighted by atomic mass is 79.9. The molecule has 0 N–H and O–H groups in total. The normalized spacial score (nSPS) is 17.4. The Morgan fingerprint density at radius 1 is 1.28 bits per heavy atom. The molecule has 2 nitrogen and oxygen atoms in total. The number of thiazole rings is 1. The maximum Gasteiger partial charge on any atom is 0.125 e. The first-order valence-electron chi connectivity index (χ1n) is 6.01. The van der Waals surface area contributed by atoms with Crippen LogP contribution in [0.5, 0.6) is 0 Å². The van der Waals surface area contributed by atoms with Gasteiger partial charge in [-0.15, -0.1) is 11.3 Å². The number of halogens is 1. The second-order valence-corrected chi connectivity index (χ2v) is 6.37. The van der Waals surface area contributed by atoms with Crippen LogP contribution < -0.4 is 0 Å². The van der Waals surface area contributed by atoms with Crippen LogP contribution in [0.4, 0.5) is 0 Å². The lowest BCUT2D eigenvalue weighted by atomic mass is 9.80. The SMILES string of the molecule is COC1(c2nc(-c3ccc(Br)cc3)cs2)CCC1. The van der Waals surface area contributed by atoms with Crippen molar-refractivity contribution in [2.45, 2.75) is 24.9 Å². The summed E-state index contributed by atoms with van der Waals surface area (Å²) in [7, 11) is 1.79.